The summed E-state index contributed by atoms with van der Waals surface area (Å²) in [6.07, 6.45) is 1.89. The molecular weight excluding hydrogens is 466 g/mol. The molecule has 0 saturated carbocycles. The summed E-state index contributed by atoms with van der Waals surface area (Å²) in [6, 6.07) is 14.3. The Bertz CT molecular complexity index is 1570. The van der Waals surface area contributed by atoms with Crippen LogP contribution >= 0.6 is 11.3 Å². The number of carboxylic acid groups (broad SMARTS) is 1. The quantitative estimate of drug-likeness (QED) is 0.288. The lowest BCUT2D eigenvalue weighted by molar-refractivity contribution is -0.136. The number of amides is 2. The summed E-state index contributed by atoms with van der Waals surface area (Å²) in [5.74, 6) is 0.147. The highest BCUT2D eigenvalue weighted by molar-refractivity contribution is 7.23. The first-order chi connectivity index (χ1) is 16.7. The molecule has 3 N–H and O–H groups in total. The summed E-state index contributed by atoms with van der Waals surface area (Å²) in [5.41, 5.74) is 3.55. The first-order valence-electron chi connectivity index (χ1n) is 10.9. The Morgan fingerprint density at radius 2 is 1.91 bits per heavy atom. The Labute approximate surface area is 204 Å². The van der Waals surface area contributed by atoms with E-state index >= 15 is 0 Å². The molecule has 0 aliphatic rings. The molecule has 2 amide bonds. The van der Waals surface area contributed by atoms with Crippen LogP contribution in [0.4, 0.5) is 16.3 Å². The van der Waals surface area contributed by atoms with Crippen LogP contribution in [0.25, 0.3) is 26.4 Å². The van der Waals surface area contributed by atoms with E-state index in [1.807, 2.05) is 73.8 Å². The van der Waals surface area contributed by atoms with E-state index in [0.29, 0.717) is 23.0 Å². The molecule has 0 spiro atoms. The average molecular weight is 490 g/mol. The Morgan fingerprint density at radius 3 is 2.66 bits per heavy atom. The van der Waals surface area contributed by atoms with E-state index < -0.39 is 12.0 Å². The smallest absolute Gasteiger partial charge is 0.324 e. The number of fused-ring (bicyclic) bond motifs is 3. The van der Waals surface area contributed by atoms with Gasteiger partial charge in [0.05, 0.1) is 28.0 Å². The molecule has 0 saturated heterocycles. The predicted molar refractivity (Wildman–Crippen MR) is 135 cm³/mol. The van der Waals surface area contributed by atoms with Crippen molar-refractivity contribution in [3.05, 3.63) is 66.1 Å². The molecule has 0 fully saturated rings. The number of aromatic nitrogens is 3. The fourth-order valence-corrected chi connectivity index (χ4v) is 4.80. The highest BCUT2D eigenvalue weighted by Gasteiger charge is 2.21. The summed E-state index contributed by atoms with van der Waals surface area (Å²) >= 11 is 1.48. The van der Waals surface area contributed by atoms with Crippen molar-refractivity contribution in [2.24, 2.45) is 0 Å². The molecule has 178 valence electrons. The number of hydrogen-bond donors (Lipinski definition) is 3. The van der Waals surface area contributed by atoms with Gasteiger partial charge >= 0.3 is 12.0 Å². The molecule has 0 atom stereocenters. The molecule has 10 heteroatoms. The van der Waals surface area contributed by atoms with Crippen LogP contribution in [0.15, 0.2) is 59.3 Å². The van der Waals surface area contributed by atoms with Crippen molar-refractivity contribution in [2.45, 2.75) is 32.6 Å². The van der Waals surface area contributed by atoms with E-state index in [-0.39, 0.29) is 11.8 Å². The number of para-hydroxylation sites is 1. The topological polar surface area (TPSA) is 122 Å². The van der Waals surface area contributed by atoms with Gasteiger partial charge in [0.2, 0.25) is 0 Å². The third kappa shape index (κ3) is 4.60. The van der Waals surface area contributed by atoms with Gasteiger partial charge in [0.1, 0.15) is 5.76 Å². The molecule has 0 radical (unpaired) electrons. The lowest BCUT2D eigenvalue weighted by Gasteiger charge is -2.12. The first kappa shape index (κ1) is 22.6. The number of hydrogen-bond acceptors (Lipinski definition) is 6. The maximum Gasteiger partial charge on any atom is 0.324 e. The number of carbonyl (C=O) groups is 2. The van der Waals surface area contributed by atoms with Gasteiger partial charge < -0.3 is 14.9 Å². The fourth-order valence-electron chi connectivity index (χ4n) is 3.73. The Morgan fingerprint density at radius 1 is 1.11 bits per heavy atom. The van der Waals surface area contributed by atoms with E-state index in [0.717, 1.165) is 26.3 Å². The number of carbonyl (C=O) groups excluding carboxylic acids is 1. The lowest BCUT2D eigenvalue weighted by atomic mass is 9.93. The number of nitrogens with zero attached hydrogens (tertiary/aromatic N) is 3. The number of carboxylic acids is 1. The van der Waals surface area contributed by atoms with E-state index in [4.69, 9.17) is 14.6 Å². The molecule has 35 heavy (non-hydrogen) atoms. The summed E-state index contributed by atoms with van der Waals surface area (Å²) in [6.45, 7) is 6.00. The predicted octanol–water partition coefficient (Wildman–Crippen LogP) is 5.77. The summed E-state index contributed by atoms with van der Waals surface area (Å²) in [7, 11) is 0. The number of rotatable bonds is 5. The zero-order chi connectivity index (χ0) is 24.7. The molecule has 0 bridgehead atoms. The van der Waals surface area contributed by atoms with Gasteiger partial charge in [-0.3, -0.25) is 14.5 Å². The van der Waals surface area contributed by atoms with Gasteiger partial charge in [-0.2, -0.15) is 0 Å². The van der Waals surface area contributed by atoms with Crippen molar-refractivity contribution < 1.29 is 19.2 Å². The molecule has 0 aliphatic carbocycles. The van der Waals surface area contributed by atoms with Crippen LogP contribution in [0.3, 0.4) is 0 Å². The van der Waals surface area contributed by atoms with Crippen molar-refractivity contribution in [1.29, 1.82) is 0 Å². The molecule has 5 rings (SSSR count). The van der Waals surface area contributed by atoms with Crippen molar-refractivity contribution in [3.63, 3.8) is 0 Å². The number of anilines is 2. The number of benzene rings is 2. The number of thiazole rings is 1. The monoisotopic (exact) mass is 489 g/mol. The average Bonchev–Trinajstić information content (AvgIpc) is 3.48. The fraction of sp³-hybridized carbons (Fsp3) is 0.200. The number of urea groups is 1. The number of aliphatic carboxylic acids is 1. The maximum absolute atomic E-state index is 12.7. The van der Waals surface area contributed by atoms with E-state index in [2.05, 4.69) is 15.8 Å². The molecule has 3 heterocycles. The maximum atomic E-state index is 12.7. The van der Waals surface area contributed by atoms with Gasteiger partial charge in [0.25, 0.3) is 0 Å². The van der Waals surface area contributed by atoms with Crippen LogP contribution in [0.1, 0.15) is 32.1 Å². The molecule has 0 unspecified atom stereocenters. The van der Waals surface area contributed by atoms with E-state index in [1.165, 1.54) is 11.3 Å². The van der Waals surface area contributed by atoms with Gasteiger partial charge in [-0.15, -0.1) is 0 Å². The van der Waals surface area contributed by atoms with Crippen LogP contribution in [0, 0.1) is 0 Å². The number of imidazole rings is 1. The lowest BCUT2D eigenvalue weighted by Crippen LogP contribution is -2.20. The van der Waals surface area contributed by atoms with Crippen molar-refractivity contribution in [1.82, 2.24) is 14.5 Å². The van der Waals surface area contributed by atoms with Crippen LogP contribution in [0.5, 0.6) is 0 Å². The minimum Gasteiger partial charge on any atom is -0.481 e. The minimum atomic E-state index is -0.862. The Kier molecular flexibility index (Phi) is 5.52. The summed E-state index contributed by atoms with van der Waals surface area (Å²) in [4.78, 5) is 29.2. The Balaban J connectivity index is 1.40. The van der Waals surface area contributed by atoms with Gasteiger partial charge in [-0.25, -0.2) is 9.78 Å². The van der Waals surface area contributed by atoms with Crippen molar-refractivity contribution in [2.75, 3.05) is 10.6 Å². The molecule has 9 nitrogen and oxygen atoms in total. The second-order valence-corrected chi connectivity index (χ2v) is 10.2. The zero-order valence-electron chi connectivity index (χ0n) is 19.3. The first-order valence-corrected chi connectivity index (χ1v) is 11.8. The van der Waals surface area contributed by atoms with Gasteiger partial charge in [-0.1, -0.05) is 61.5 Å². The van der Waals surface area contributed by atoms with Crippen LogP contribution < -0.4 is 10.6 Å². The molecule has 3 aromatic heterocycles. The Hall–Kier alpha value is -4.18. The van der Waals surface area contributed by atoms with Crippen molar-refractivity contribution >= 4 is 50.0 Å². The molecule has 0 aliphatic heterocycles. The van der Waals surface area contributed by atoms with Crippen LogP contribution in [-0.4, -0.2) is 31.6 Å². The number of nitrogens with one attached hydrogen (secondary N) is 2. The van der Waals surface area contributed by atoms with Crippen LogP contribution in [-0.2, 0) is 16.6 Å². The van der Waals surface area contributed by atoms with Crippen molar-refractivity contribution in [3.8, 4) is 11.3 Å². The van der Waals surface area contributed by atoms with E-state index in [9.17, 15) is 9.59 Å². The summed E-state index contributed by atoms with van der Waals surface area (Å²) < 4.78 is 8.26. The van der Waals surface area contributed by atoms with Crippen LogP contribution in [0.2, 0.25) is 0 Å². The third-order valence-electron chi connectivity index (χ3n) is 5.46. The van der Waals surface area contributed by atoms with E-state index in [1.54, 1.807) is 6.07 Å². The molecular formula is C25H23N5O4S. The van der Waals surface area contributed by atoms with Gasteiger partial charge in [-0.05, 0) is 23.8 Å². The highest BCUT2D eigenvalue weighted by Crippen LogP contribution is 2.33. The standard InChI is InChI=1S/C25H23N5O4S/c1-25(2,3)20-12-21(29-34-20)28-23(33)26-16-7-5-4-6-15(16)17-13-30-18-9-8-14(11-22(31)32)10-19(18)35-24(30)27-17/h4-10,12-13H,11H2,1-3H3,(H,31,32)(H2,26,28,29,33). The second-order valence-electron chi connectivity index (χ2n) is 9.20. The zero-order valence-corrected chi connectivity index (χ0v) is 20.1. The third-order valence-corrected chi connectivity index (χ3v) is 6.47. The highest BCUT2D eigenvalue weighted by atomic mass is 32.1. The van der Waals surface area contributed by atoms with Gasteiger partial charge in [0, 0.05) is 23.2 Å². The normalized spacial score (nSPS) is 11.7. The molecule has 5 aromatic rings. The second kappa shape index (κ2) is 8.55. The van der Waals surface area contributed by atoms with Gasteiger partial charge in [0.15, 0.2) is 10.8 Å². The minimum absolute atomic E-state index is 0.0195. The SMILES string of the molecule is CC(C)(C)c1cc(NC(=O)Nc2ccccc2-c2cn3c(n2)sc2cc(CC(=O)O)ccc23)no1. The largest absolute Gasteiger partial charge is 0.481 e. The summed E-state index contributed by atoms with van der Waals surface area (Å²) in [5, 5.41) is 18.5. The molecule has 2 aromatic carbocycles.